The molecule has 0 radical (unpaired) electrons. The van der Waals surface area contributed by atoms with Crippen LogP contribution in [0.25, 0.3) is 0 Å². The molecule has 0 N–H and O–H groups in total. The van der Waals surface area contributed by atoms with E-state index in [1.165, 1.54) is 23.1 Å². The van der Waals surface area contributed by atoms with Gasteiger partial charge in [0, 0.05) is 49.7 Å². The lowest BCUT2D eigenvalue weighted by Crippen LogP contribution is -2.44. The van der Waals surface area contributed by atoms with E-state index in [2.05, 4.69) is 0 Å². The predicted octanol–water partition coefficient (Wildman–Crippen LogP) is 3.47. The molecule has 0 spiro atoms. The lowest BCUT2D eigenvalue weighted by molar-refractivity contribution is -0.384. The van der Waals surface area contributed by atoms with Crippen LogP contribution >= 0.6 is 0 Å². The molecule has 0 aliphatic rings. The van der Waals surface area contributed by atoms with Crippen LogP contribution in [0, 0.1) is 16.0 Å². The Hall–Kier alpha value is -3.16. The first-order valence-electron chi connectivity index (χ1n) is 10.1. The summed E-state index contributed by atoms with van der Waals surface area (Å²) in [7, 11) is 1.93. The highest BCUT2D eigenvalue weighted by Gasteiger charge is 2.24. The van der Waals surface area contributed by atoms with Crippen molar-refractivity contribution in [3.05, 3.63) is 64.0 Å². The first kappa shape index (κ1) is 23.1. The molecule has 2 aromatic rings. The number of carbonyl (C=O) groups excluding carboxylic acids is 2. The maximum absolute atomic E-state index is 13.1. The summed E-state index contributed by atoms with van der Waals surface area (Å²) in [6.07, 6.45) is 2.61. The predicted molar refractivity (Wildman–Crippen MR) is 115 cm³/mol. The van der Waals surface area contributed by atoms with E-state index in [0.717, 1.165) is 5.69 Å². The summed E-state index contributed by atoms with van der Waals surface area (Å²) >= 11 is 0. The van der Waals surface area contributed by atoms with Gasteiger partial charge in [0.25, 0.3) is 11.6 Å². The highest BCUT2D eigenvalue weighted by Crippen LogP contribution is 2.16. The normalized spacial score (nSPS) is 10.8. The number of rotatable bonds is 10. The van der Waals surface area contributed by atoms with Crippen molar-refractivity contribution in [3.8, 4) is 0 Å². The third kappa shape index (κ3) is 6.17. The molecular weight excluding hydrogens is 384 g/mol. The number of hydrogen-bond donors (Lipinski definition) is 0. The maximum atomic E-state index is 13.1. The summed E-state index contributed by atoms with van der Waals surface area (Å²) in [5.41, 5.74) is 1.08. The van der Waals surface area contributed by atoms with Crippen LogP contribution in [0.2, 0.25) is 0 Å². The van der Waals surface area contributed by atoms with Crippen molar-refractivity contribution in [3.63, 3.8) is 0 Å². The van der Waals surface area contributed by atoms with E-state index < -0.39 is 4.92 Å². The molecule has 8 heteroatoms. The summed E-state index contributed by atoms with van der Waals surface area (Å²) in [6, 6.07) is 9.53. The second kappa shape index (κ2) is 10.6. The molecule has 0 aliphatic carbocycles. The van der Waals surface area contributed by atoms with Crippen LogP contribution in [-0.4, -0.2) is 50.7 Å². The molecular formula is C22H30N4O4. The first-order valence-corrected chi connectivity index (χ1v) is 10.1. The molecule has 0 aliphatic heterocycles. The highest BCUT2D eigenvalue weighted by molar-refractivity contribution is 5.97. The van der Waals surface area contributed by atoms with Crippen LogP contribution in [0.5, 0.6) is 0 Å². The van der Waals surface area contributed by atoms with Crippen molar-refractivity contribution < 1.29 is 14.5 Å². The van der Waals surface area contributed by atoms with Crippen molar-refractivity contribution in [2.45, 2.75) is 33.7 Å². The van der Waals surface area contributed by atoms with Gasteiger partial charge in [-0.2, -0.15) is 0 Å². The van der Waals surface area contributed by atoms with Crippen LogP contribution in [0.4, 0.5) is 5.69 Å². The minimum absolute atomic E-state index is 0.0630. The van der Waals surface area contributed by atoms with Gasteiger partial charge >= 0.3 is 0 Å². The Balaban J connectivity index is 2.20. The molecule has 0 bridgehead atoms. The fourth-order valence-corrected chi connectivity index (χ4v) is 3.27. The third-order valence-electron chi connectivity index (χ3n) is 4.75. The first-order chi connectivity index (χ1) is 14.2. The topological polar surface area (TPSA) is 88.7 Å². The third-order valence-corrected chi connectivity index (χ3v) is 4.75. The van der Waals surface area contributed by atoms with E-state index in [1.54, 1.807) is 11.0 Å². The summed E-state index contributed by atoms with van der Waals surface area (Å²) in [6.45, 7) is 7.39. The van der Waals surface area contributed by atoms with E-state index in [-0.39, 0.29) is 35.5 Å². The Morgan fingerprint density at radius 3 is 2.47 bits per heavy atom. The van der Waals surface area contributed by atoms with E-state index in [9.17, 15) is 19.7 Å². The van der Waals surface area contributed by atoms with Gasteiger partial charge < -0.3 is 14.4 Å². The Labute approximate surface area is 177 Å². The van der Waals surface area contributed by atoms with E-state index in [1.807, 2.05) is 50.7 Å². The van der Waals surface area contributed by atoms with Crippen molar-refractivity contribution >= 4 is 17.5 Å². The SMILES string of the molecule is CCCN(CC(=O)N(Cc1cccn1C)CC(C)C)C(=O)c1cccc([N+](=O)[O-])c1. The molecule has 2 rings (SSSR count). The Bertz CT molecular complexity index is 891. The van der Waals surface area contributed by atoms with Crippen LogP contribution in [0.1, 0.15) is 43.2 Å². The van der Waals surface area contributed by atoms with Gasteiger partial charge in [-0.1, -0.05) is 26.8 Å². The average molecular weight is 415 g/mol. The second-order valence-electron chi connectivity index (χ2n) is 7.81. The smallest absolute Gasteiger partial charge is 0.270 e. The molecule has 0 fully saturated rings. The Morgan fingerprint density at radius 1 is 1.17 bits per heavy atom. The molecule has 0 saturated heterocycles. The molecule has 2 amide bonds. The maximum Gasteiger partial charge on any atom is 0.270 e. The van der Waals surface area contributed by atoms with Crippen molar-refractivity contribution in [1.82, 2.24) is 14.4 Å². The lowest BCUT2D eigenvalue weighted by Gasteiger charge is -2.29. The van der Waals surface area contributed by atoms with Crippen molar-refractivity contribution in [2.75, 3.05) is 19.6 Å². The summed E-state index contributed by atoms with van der Waals surface area (Å²) in [5.74, 6) is -0.240. The Morgan fingerprint density at radius 2 is 1.90 bits per heavy atom. The quantitative estimate of drug-likeness (QED) is 0.440. The zero-order valence-electron chi connectivity index (χ0n) is 18.1. The molecule has 1 heterocycles. The van der Waals surface area contributed by atoms with Gasteiger partial charge in [-0.05, 0) is 30.5 Å². The molecule has 8 nitrogen and oxygen atoms in total. The number of benzene rings is 1. The number of aryl methyl sites for hydroxylation is 1. The minimum Gasteiger partial charge on any atom is -0.353 e. The molecule has 30 heavy (non-hydrogen) atoms. The van der Waals surface area contributed by atoms with Crippen LogP contribution in [-0.2, 0) is 18.4 Å². The van der Waals surface area contributed by atoms with Crippen LogP contribution < -0.4 is 0 Å². The lowest BCUT2D eigenvalue weighted by atomic mass is 10.1. The number of amides is 2. The standard InChI is InChI=1S/C22H30N4O4/c1-5-11-24(22(28)18-8-6-9-19(13-18)26(29)30)16-21(27)25(14-17(2)3)15-20-10-7-12-23(20)4/h6-10,12-13,17H,5,11,14-16H2,1-4H3. The fourth-order valence-electron chi connectivity index (χ4n) is 3.27. The number of aromatic nitrogens is 1. The van der Waals surface area contributed by atoms with E-state index in [4.69, 9.17) is 0 Å². The summed E-state index contributed by atoms with van der Waals surface area (Å²) in [4.78, 5) is 39.9. The number of hydrogen-bond acceptors (Lipinski definition) is 4. The number of nitro groups is 1. The monoisotopic (exact) mass is 414 g/mol. The fraction of sp³-hybridized carbons (Fsp3) is 0.455. The molecule has 162 valence electrons. The van der Waals surface area contributed by atoms with Crippen LogP contribution in [0.15, 0.2) is 42.6 Å². The molecule has 0 saturated carbocycles. The zero-order valence-corrected chi connectivity index (χ0v) is 18.1. The van der Waals surface area contributed by atoms with Gasteiger partial charge in [-0.3, -0.25) is 19.7 Å². The number of non-ortho nitro benzene ring substituents is 1. The van der Waals surface area contributed by atoms with Gasteiger partial charge in [-0.15, -0.1) is 0 Å². The van der Waals surface area contributed by atoms with Gasteiger partial charge in [0.1, 0.15) is 6.54 Å². The number of carbonyl (C=O) groups is 2. The van der Waals surface area contributed by atoms with E-state index >= 15 is 0 Å². The molecule has 1 aromatic heterocycles. The van der Waals surface area contributed by atoms with Gasteiger partial charge in [0.05, 0.1) is 11.5 Å². The average Bonchev–Trinajstić information content (AvgIpc) is 3.10. The highest BCUT2D eigenvalue weighted by atomic mass is 16.6. The number of nitro benzene ring substituents is 1. The zero-order chi connectivity index (χ0) is 22.3. The summed E-state index contributed by atoms with van der Waals surface area (Å²) in [5, 5.41) is 11.0. The molecule has 0 atom stereocenters. The summed E-state index contributed by atoms with van der Waals surface area (Å²) < 4.78 is 1.97. The van der Waals surface area contributed by atoms with Gasteiger partial charge in [-0.25, -0.2) is 0 Å². The molecule has 0 unspecified atom stereocenters. The second-order valence-corrected chi connectivity index (χ2v) is 7.81. The van der Waals surface area contributed by atoms with Crippen molar-refractivity contribution in [2.24, 2.45) is 13.0 Å². The van der Waals surface area contributed by atoms with Gasteiger partial charge in [0.15, 0.2) is 0 Å². The number of nitrogens with zero attached hydrogens (tertiary/aromatic N) is 4. The van der Waals surface area contributed by atoms with E-state index in [0.29, 0.717) is 26.1 Å². The van der Waals surface area contributed by atoms with Gasteiger partial charge in [0.2, 0.25) is 5.91 Å². The Kier molecular flexibility index (Phi) is 8.15. The largest absolute Gasteiger partial charge is 0.353 e. The van der Waals surface area contributed by atoms with Crippen LogP contribution in [0.3, 0.4) is 0 Å². The molecule has 1 aromatic carbocycles. The van der Waals surface area contributed by atoms with Crippen molar-refractivity contribution in [1.29, 1.82) is 0 Å². The minimum atomic E-state index is -0.531.